The Kier molecular flexibility index (Phi) is 4.26. The van der Waals surface area contributed by atoms with E-state index < -0.39 is 0 Å². The summed E-state index contributed by atoms with van der Waals surface area (Å²) in [7, 11) is 0. The van der Waals surface area contributed by atoms with E-state index in [0.717, 1.165) is 24.6 Å². The highest BCUT2D eigenvalue weighted by Gasteiger charge is 2.30. The molecule has 1 heterocycles. The molecule has 2 nitrogen and oxygen atoms in total. The second-order valence-corrected chi connectivity index (χ2v) is 5.18. The summed E-state index contributed by atoms with van der Waals surface area (Å²) in [5.41, 5.74) is 0. The minimum Gasteiger partial charge on any atom is -0.380 e. The van der Waals surface area contributed by atoms with Crippen molar-refractivity contribution in [2.24, 2.45) is 0 Å². The number of alkyl halides is 1. The Labute approximate surface area is 95.1 Å². The Morgan fingerprint density at radius 1 is 1.14 bits per heavy atom. The van der Waals surface area contributed by atoms with Crippen molar-refractivity contribution in [2.45, 2.75) is 44.2 Å². The highest BCUT2D eigenvalue weighted by molar-refractivity contribution is 9.09. The van der Waals surface area contributed by atoms with Crippen molar-refractivity contribution < 1.29 is 4.74 Å². The van der Waals surface area contributed by atoms with Crippen LogP contribution in [0, 0.1) is 0 Å². The van der Waals surface area contributed by atoms with Gasteiger partial charge in [-0.15, -0.1) is 0 Å². The summed E-state index contributed by atoms with van der Waals surface area (Å²) in [6.45, 7) is 3.12. The summed E-state index contributed by atoms with van der Waals surface area (Å²) in [6.07, 6.45) is 6.91. The third kappa shape index (κ3) is 2.50. The molecule has 0 aromatic heterocycles. The monoisotopic (exact) mass is 261 g/mol. The first-order valence-corrected chi connectivity index (χ1v) is 6.93. The lowest BCUT2D eigenvalue weighted by Crippen LogP contribution is -2.43. The van der Waals surface area contributed by atoms with Gasteiger partial charge in [-0.2, -0.15) is 0 Å². The highest BCUT2D eigenvalue weighted by atomic mass is 79.9. The minimum atomic E-state index is 0.704. The lowest BCUT2D eigenvalue weighted by Gasteiger charge is -2.33. The van der Waals surface area contributed by atoms with Crippen LogP contribution < -0.4 is 0 Å². The number of nitrogens with zero attached hydrogens (tertiary/aromatic N) is 1. The third-order valence-corrected chi connectivity index (χ3v) is 3.87. The molecular weight excluding hydrogens is 242 g/mol. The summed E-state index contributed by atoms with van der Waals surface area (Å²) >= 11 is 3.56. The van der Waals surface area contributed by atoms with Crippen LogP contribution in [-0.2, 0) is 4.74 Å². The molecule has 1 saturated carbocycles. The molecular formula is C11H20BrNO. The van der Waals surface area contributed by atoms with Gasteiger partial charge >= 0.3 is 0 Å². The second kappa shape index (κ2) is 5.47. The van der Waals surface area contributed by atoms with E-state index in [1.165, 1.54) is 38.6 Å². The van der Waals surface area contributed by atoms with Crippen LogP contribution in [0.25, 0.3) is 0 Å². The van der Waals surface area contributed by atoms with Crippen molar-refractivity contribution in [3.05, 3.63) is 0 Å². The fourth-order valence-corrected chi connectivity index (χ4v) is 3.19. The fourth-order valence-electron chi connectivity index (χ4n) is 2.78. The van der Waals surface area contributed by atoms with Crippen LogP contribution in [0.1, 0.15) is 32.1 Å². The number of halogens is 1. The van der Waals surface area contributed by atoms with Gasteiger partial charge in [0.2, 0.25) is 0 Å². The molecule has 1 saturated heterocycles. The average molecular weight is 262 g/mol. The van der Waals surface area contributed by atoms with Crippen molar-refractivity contribution in [2.75, 3.05) is 25.1 Å². The molecule has 1 unspecified atom stereocenters. The van der Waals surface area contributed by atoms with E-state index in [0.29, 0.717) is 6.04 Å². The first-order valence-electron chi connectivity index (χ1n) is 5.81. The first-order chi connectivity index (χ1) is 6.92. The molecule has 2 aliphatic rings. The molecule has 1 aliphatic carbocycles. The van der Waals surface area contributed by atoms with Crippen LogP contribution in [0.3, 0.4) is 0 Å². The second-order valence-electron chi connectivity index (χ2n) is 4.38. The molecule has 0 radical (unpaired) electrons. The zero-order valence-electron chi connectivity index (χ0n) is 8.75. The van der Waals surface area contributed by atoms with E-state index in [-0.39, 0.29) is 0 Å². The number of hydrogen-bond acceptors (Lipinski definition) is 2. The maximum Gasteiger partial charge on any atom is 0.0622 e. The van der Waals surface area contributed by atoms with Crippen molar-refractivity contribution in [1.29, 1.82) is 0 Å². The molecule has 0 N–H and O–H groups in total. The molecule has 3 heteroatoms. The Hall–Kier alpha value is 0.400. The van der Waals surface area contributed by atoms with Crippen molar-refractivity contribution >= 4 is 15.9 Å². The van der Waals surface area contributed by atoms with Gasteiger partial charge in [0.15, 0.2) is 0 Å². The zero-order chi connectivity index (χ0) is 9.80. The van der Waals surface area contributed by atoms with Gasteiger partial charge in [-0.3, -0.25) is 4.90 Å². The molecule has 2 rings (SSSR count). The van der Waals surface area contributed by atoms with E-state index in [1.807, 2.05) is 0 Å². The SMILES string of the molecule is BrCCN(C1CCCC1)C1CCOC1. The van der Waals surface area contributed by atoms with Crippen molar-refractivity contribution in [3.63, 3.8) is 0 Å². The summed E-state index contributed by atoms with van der Waals surface area (Å²) < 4.78 is 5.49. The third-order valence-electron chi connectivity index (χ3n) is 3.51. The largest absolute Gasteiger partial charge is 0.380 e. The predicted molar refractivity (Wildman–Crippen MR) is 62.0 cm³/mol. The Morgan fingerprint density at radius 2 is 1.93 bits per heavy atom. The molecule has 0 spiro atoms. The van der Waals surface area contributed by atoms with Gasteiger partial charge in [0, 0.05) is 30.6 Å². The van der Waals surface area contributed by atoms with Crippen molar-refractivity contribution in [1.82, 2.24) is 4.90 Å². The Bertz CT molecular complexity index is 149. The van der Waals surface area contributed by atoms with Gasteiger partial charge in [-0.1, -0.05) is 28.8 Å². The van der Waals surface area contributed by atoms with Gasteiger partial charge in [-0.05, 0) is 19.3 Å². The van der Waals surface area contributed by atoms with Crippen LogP contribution >= 0.6 is 15.9 Å². The molecule has 2 fully saturated rings. The smallest absolute Gasteiger partial charge is 0.0622 e. The normalized spacial score (nSPS) is 29.1. The molecule has 0 aromatic carbocycles. The maximum atomic E-state index is 5.49. The minimum absolute atomic E-state index is 0.704. The molecule has 0 aromatic rings. The maximum absolute atomic E-state index is 5.49. The van der Waals surface area contributed by atoms with E-state index in [2.05, 4.69) is 20.8 Å². The van der Waals surface area contributed by atoms with Gasteiger partial charge in [-0.25, -0.2) is 0 Å². The van der Waals surface area contributed by atoms with E-state index in [9.17, 15) is 0 Å². The summed E-state index contributed by atoms with van der Waals surface area (Å²) in [6, 6.07) is 1.55. The number of rotatable bonds is 4. The Balaban J connectivity index is 1.91. The molecule has 1 atom stereocenters. The number of ether oxygens (including phenoxy) is 1. The lowest BCUT2D eigenvalue weighted by atomic mass is 10.1. The average Bonchev–Trinajstić information content (AvgIpc) is 2.87. The Morgan fingerprint density at radius 3 is 2.50 bits per heavy atom. The molecule has 14 heavy (non-hydrogen) atoms. The van der Waals surface area contributed by atoms with Crippen LogP contribution in [0.5, 0.6) is 0 Å². The van der Waals surface area contributed by atoms with Crippen molar-refractivity contribution in [3.8, 4) is 0 Å². The first kappa shape index (κ1) is 10.9. The van der Waals surface area contributed by atoms with Crippen LogP contribution in [-0.4, -0.2) is 42.1 Å². The van der Waals surface area contributed by atoms with Gasteiger partial charge in [0.25, 0.3) is 0 Å². The summed E-state index contributed by atoms with van der Waals surface area (Å²) in [5, 5.41) is 1.10. The van der Waals surface area contributed by atoms with E-state index >= 15 is 0 Å². The standard InChI is InChI=1S/C11H20BrNO/c12-6-7-13(10-3-1-2-4-10)11-5-8-14-9-11/h10-11H,1-9H2. The summed E-state index contributed by atoms with van der Waals surface area (Å²) in [5.74, 6) is 0. The molecule has 0 bridgehead atoms. The quantitative estimate of drug-likeness (QED) is 0.721. The predicted octanol–water partition coefficient (Wildman–Crippen LogP) is 2.41. The zero-order valence-corrected chi connectivity index (χ0v) is 10.3. The van der Waals surface area contributed by atoms with Crippen LogP contribution in [0.15, 0.2) is 0 Å². The van der Waals surface area contributed by atoms with E-state index in [1.54, 1.807) is 0 Å². The van der Waals surface area contributed by atoms with Gasteiger partial charge in [0.05, 0.1) is 6.61 Å². The lowest BCUT2D eigenvalue weighted by molar-refractivity contribution is 0.116. The fraction of sp³-hybridized carbons (Fsp3) is 1.00. The van der Waals surface area contributed by atoms with Crippen LogP contribution in [0.2, 0.25) is 0 Å². The van der Waals surface area contributed by atoms with Gasteiger partial charge < -0.3 is 4.74 Å². The molecule has 82 valence electrons. The molecule has 0 amide bonds. The van der Waals surface area contributed by atoms with Gasteiger partial charge in [0.1, 0.15) is 0 Å². The molecule has 1 aliphatic heterocycles. The topological polar surface area (TPSA) is 12.5 Å². The number of hydrogen-bond donors (Lipinski definition) is 0. The van der Waals surface area contributed by atoms with Crippen LogP contribution in [0.4, 0.5) is 0 Å². The summed E-state index contributed by atoms with van der Waals surface area (Å²) in [4.78, 5) is 2.69. The highest BCUT2D eigenvalue weighted by Crippen LogP contribution is 2.27. The van der Waals surface area contributed by atoms with E-state index in [4.69, 9.17) is 4.74 Å².